The monoisotopic (exact) mass is 544 g/mol. The Morgan fingerprint density at radius 3 is 2.11 bits per heavy atom. The van der Waals surface area contributed by atoms with Crippen molar-refractivity contribution in [2.45, 2.75) is 79.8 Å². The number of unbranched alkanes of at least 4 members (excludes halogenated alkanes) is 1. The molecular weight excluding hydrogens is 484 g/mol. The maximum absolute atomic E-state index is 9.00. The maximum atomic E-state index is 9.00. The normalized spacial score (nSPS) is 15.1. The summed E-state index contributed by atoms with van der Waals surface area (Å²) in [7, 11) is 3.99. The number of aliphatic hydroxyl groups excluding tert-OH is 1. The number of likely N-dealkylation sites (N-methyl/N-ethyl adjacent to an activating group) is 2. The first-order chi connectivity index (χ1) is 17.9. The van der Waals surface area contributed by atoms with Crippen molar-refractivity contribution in [2.75, 3.05) is 73.2 Å². The topological polar surface area (TPSA) is 60.0 Å². The lowest BCUT2D eigenvalue weighted by Gasteiger charge is -2.35. The van der Waals surface area contributed by atoms with Crippen LogP contribution in [0.25, 0.3) is 0 Å². The maximum Gasteiger partial charge on any atom is 0.0594 e. The number of benzene rings is 1. The fourth-order valence-electron chi connectivity index (χ4n) is 3.99. The van der Waals surface area contributed by atoms with Gasteiger partial charge in [-0.2, -0.15) is 0 Å². The molecule has 0 amide bonds. The van der Waals surface area contributed by atoms with Crippen molar-refractivity contribution in [3.63, 3.8) is 0 Å². The number of hydrogen-bond donors (Lipinski definition) is 3. The van der Waals surface area contributed by atoms with Gasteiger partial charge < -0.3 is 20.5 Å². The number of halogens is 1. The fourth-order valence-corrected chi connectivity index (χ4v) is 4.26. The molecule has 3 N–H and O–H groups in total. The molecule has 7 heteroatoms. The Labute approximate surface area is 235 Å². The Balaban J connectivity index is 0. The summed E-state index contributed by atoms with van der Waals surface area (Å²) in [5.41, 5.74) is 1.20. The van der Waals surface area contributed by atoms with Gasteiger partial charge in [-0.25, -0.2) is 0 Å². The van der Waals surface area contributed by atoms with Crippen molar-refractivity contribution in [1.82, 2.24) is 20.4 Å². The average Bonchev–Trinajstić information content (AvgIpc) is 2.91. The first-order valence-corrected chi connectivity index (χ1v) is 15.0. The molecule has 1 fully saturated rings. The number of morpholine rings is 1. The van der Waals surface area contributed by atoms with E-state index in [1.165, 1.54) is 24.8 Å². The highest BCUT2D eigenvalue weighted by Crippen LogP contribution is 2.27. The van der Waals surface area contributed by atoms with E-state index in [1.807, 2.05) is 46.1 Å². The molecule has 37 heavy (non-hydrogen) atoms. The molecule has 2 atom stereocenters. The summed E-state index contributed by atoms with van der Waals surface area (Å²) < 4.78 is 5.40. The predicted octanol–water partition coefficient (Wildman–Crippen LogP) is 5.70. The Morgan fingerprint density at radius 1 is 1.05 bits per heavy atom. The zero-order valence-electron chi connectivity index (χ0n) is 25.7. The zero-order chi connectivity index (χ0) is 28.5. The average molecular weight is 545 g/mol. The van der Waals surface area contributed by atoms with Crippen LogP contribution in [0.3, 0.4) is 0 Å². The molecule has 1 aromatic rings. The van der Waals surface area contributed by atoms with E-state index in [0.29, 0.717) is 18.0 Å². The molecule has 220 valence electrons. The summed E-state index contributed by atoms with van der Waals surface area (Å²) in [6.45, 7) is 22.6. The van der Waals surface area contributed by atoms with Gasteiger partial charge in [0, 0.05) is 49.8 Å². The van der Waals surface area contributed by atoms with Crippen LogP contribution >= 0.6 is 11.6 Å². The van der Waals surface area contributed by atoms with E-state index >= 15 is 0 Å². The molecule has 2 unspecified atom stereocenters. The Morgan fingerprint density at radius 2 is 1.65 bits per heavy atom. The van der Waals surface area contributed by atoms with Crippen LogP contribution in [-0.2, 0) is 4.74 Å². The minimum atomic E-state index is 0.262. The van der Waals surface area contributed by atoms with E-state index < -0.39 is 0 Å². The SMILES string of the molecule is CC.CCC.CCCCN(CCO)CC(NC)C(C)C.CNCC(c1ccccc1Cl)N1CCOCC1. The second-order valence-corrected chi connectivity index (χ2v) is 9.87. The lowest BCUT2D eigenvalue weighted by Crippen LogP contribution is -2.44. The van der Waals surface area contributed by atoms with Crippen LogP contribution in [0.15, 0.2) is 24.3 Å². The summed E-state index contributed by atoms with van der Waals surface area (Å²) in [4.78, 5) is 4.78. The lowest BCUT2D eigenvalue weighted by atomic mass is 10.0. The predicted molar refractivity (Wildman–Crippen MR) is 164 cm³/mol. The largest absolute Gasteiger partial charge is 0.395 e. The van der Waals surface area contributed by atoms with Crippen LogP contribution in [0.2, 0.25) is 5.02 Å². The highest BCUT2D eigenvalue weighted by Gasteiger charge is 2.23. The Hall–Kier alpha value is -0.730. The van der Waals surface area contributed by atoms with Gasteiger partial charge in [-0.3, -0.25) is 9.80 Å². The van der Waals surface area contributed by atoms with Crippen molar-refractivity contribution in [2.24, 2.45) is 5.92 Å². The molecule has 0 aromatic heterocycles. The second-order valence-electron chi connectivity index (χ2n) is 9.47. The quantitative estimate of drug-likeness (QED) is 0.296. The van der Waals surface area contributed by atoms with E-state index in [2.05, 4.69) is 61.1 Å². The highest BCUT2D eigenvalue weighted by molar-refractivity contribution is 6.31. The van der Waals surface area contributed by atoms with E-state index in [0.717, 1.165) is 57.5 Å². The molecule has 1 aromatic carbocycles. The third-order valence-electron chi connectivity index (χ3n) is 6.02. The van der Waals surface area contributed by atoms with Crippen molar-refractivity contribution in [3.8, 4) is 0 Å². The number of nitrogens with one attached hydrogen (secondary N) is 2. The molecule has 0 saturated carbocycles. The third-order valence-corrected chi connectivity index (χ3v) is 6.37. The molecular formula is C30H61ClN4O2. The van der Waals surface area contributed by atoms with Crippen LogP contribution in [0.4, 0.5) is 0 Å². The van der Waals surface area contributed by atoms with Crippen molar-refractivity contribution in [1.29, 1.82) is 0 Å². The molecule has 6 nitrogen and oxygen atoms in total. The third kappa shape index (κ3) is 18.2. The molecule has 0 spiro atoms. The van der Waals surface area contributed by atoms with Gasteiger partial charge >= 0.3 is 0 Å². The van der Waals surface area contributed by atoms with Crippen molar-refractivity contribution < 1.29 is 9.84 Å². The standard InChI is InChI=1S/C13H19ClN2O.C12H28N2O.C3H8.C2H6/c1-15-10-13(16-6-8-17-9-7-16)11-4-2-3-5-12(11)14;1-5-6-7-14(8-9-15)10-12(13-4)11(2)3;1-3-2;1-2/h2-5,13,15H,6-10H2,1H3;11-13,15H,5-10H2,1-4H3;3H2,1-2H3;1-2H3. The summed E-state index contributed by atoms with van der Waals surface area (Å²) >= 11 is 6.29. The summed E-state index contributed by atoms with van der Waals surface area (Å²) in [6.07, 6.45) is 3.68. The van der Waals surface area contributed by atoms with Gasteiger partial charge in [-0.1, -0.05) is 91.1 Å². The van der Waals surface area contributed by atoms with Crippen LogP contribution in [0.5, 0.6) is 0 Å². The van der Waals surface area contributed by atoms with Gasteiger partial charge in [-0.15, -0.1) is 0 Å². The molecule has 0 aliphatic carbocycles. The zero-order valence-corrected chi connectivity index (χ0v) is 26.4. The number of nitrogens with zero attached hydrogens (tertiary/aromatic N) is 2. The molecule has 1 aliphatic rings. The highest BCUT2D eigenvalue weighted by atomic mass is 35.5. The minimum absolute atomic E-state index is 0.262. The Bertz CT molecular complexity index is 601. The minimum Gasteiger partial charge on any atom is -0.395 e. The molecule has 0 bridgehead atoms. The molecule has 2 rings (SSSR count). The van der Waals surface area contributed by atoms with Crippen molar-refractivity contribution in [3.05, 3.63) is 34.9 Å². The number of ether oxygens (including phenoxy) is 1. The molecule has 1 heterocycles. The summed E-state index contributed by atoms with van der Waals surface area (Å²) in [5.74, 6) is 0.637. The molecule has 0 radical (unpaired) electrons. The van der Waals surface area contributed by atoms with E-state index in [4.69, 9.17) is 21.4 Å². The van der Waals surface area contributed by atoms with Gasteiger partial charge in [0.25, 0.3) is 0 Å². The Kier molecular flexibility index (Phi) is 27.9. The number of aliphatic hydroxyl groups is 1. The first kappa shape index (κ1) is 38.4. The lowest BCUT2D eigenvalue weighted by molar-refractivity contribution is 0.0165. The fraction of sp³-hybridized carbons (Fsp3) is 0.800. The van der Waals surface area contributed by atoms with Gasteiger partial charge in [0.05, 0.1) is 19.8 Å². The van der Waals surface area contributed by atoms with Crippen LogP contribution < -0.4 is 10.6 Å². The van der Waals surface area contributed by atoms with Crippen molar-refractivity contribution >= 4 is 11.6 Å². The second kappa shape index (κ2) is 26.9. The molecule has 1 saturated heterocycles. The van der Waals surface area contributed by atoms with E-state index in [-0.39, 0.29) is 6.61 Å². The molecule has 1 aliphatic heterocycles. The summed E-state index contributed by atoms with van der Waals surface area (Å²) in [5, 5.41) is 16.4. The van der Waals surface area contributed by atoms with E-state index in [1.54, 1.807) is 0 Å². The van der Waals surface area contributed by atoms with E-state index in [9.17, 15) is 0 Å². The number of hydrogen-bond acceptors (Lipinski definition) is 6. The van der Waals surface area contributed by atoms with Gasteiger partial charge in [0.2, 0.25) is 0 Å². The first-order valence-electron chi connectivity index (χ1n) is 14.6. The van der Waals surface area contributed by atoms with Gasteiger partial charge in [-0.05, 0) is 44.6 Å². The summed E-state index contributed by atoms with van der Waals surface area (Å²) in [6, 6.07) is 8.94. The van der Waals surface area contributed by atoms with Crippen LogP contribution in [0.1, 0.15) is 79.3 Å². The van der Waals surface area contributed by atoms with Gasteiger partial charge in [0.1, 0.15) is 0 Å². The van der Waals surface area contributed by atoms with Crippen LogP contribution in [-0.4, -0.2) is 94.1 Å². The number of rotatable bonds is 13. The smallest absolute Gasteiger partial charge is 0.0594 e. The van der Waals surface area contributed by atoms with Gasteiger partial charge in [0.15, 0.2) is 0 Å². The van der Waals surface area contributed by atoms with Crippen LogP contribution in [0, 0.1) is 5.92 Å².